The van der Waals surface area contributed by atoms with Crippen LogP contribution in [-0.2, 0) is 4.79 Å². The van der Waals surface area contributed by atoms with Crippen LogP contribution in [0.4, 0.5) is 0 Å². The van der Waals surface area contributed by atoms with E-state index in [4.69, 9.17) is 11.6 Å². The first-order valence-corrected chi connectivity index (χ1v) is 6.88. The Labute approximate surface area is 94.1 Å². The van der Waals surface area contributed by atoms with E-state index in [1.165, 1.54) is 0 Å². The van der Waals surface area contributed by atoms with Gasteiger partial charge in [-0.1, -0.05) is 0 Å². The molecule has 3 unspecified atom stereocenters. The van der Waals surface area contributed by atoms with Crippen LogP contribution in [-0.4, -0.2) is 28.8 Å². The van der Waals surface area contributed by atoms with Gasteiger partial charge in [-0.25, -0.2) is 0 Å². The van der Waals surface area contributed by atoms with Gasteiger partial charge in [-0.3, -0.25) is 4.79 Å². The Balaban J connectivity index is 1.81. The molecule has 2 nitrogen and oxygen atoms in total. The maximum atomic E-state index is 11.8. The zero-order chi connectivity index (χ0) is 9.97. The molecule has 80 valence electrons. The van der Waals surface area contributed by atoms with Crippen LogP contribution in [0.1, 0.15) is 25.7 Å². The van der Waals surface area contributed by atoms with Crippen molar-refractivity contribution in [3.8, 4) is 0 Å². The summed E-state index contributed by atoms with van der Waals surface area (Å²) in [6.07, 6.45) is 4.29. The van der Waals surface area contributed by atoms with Crippen molar-refractivity contribution in [2.24, 2.45) is 5.92 Å². The van der Waals surface area contributed by atoms with E-state index in [2.05, 4.69) is 5.32 Å². The highest BCUT2D eigenvalue weighted by Crippen LogP contribution is 2.27. The minimum absolute atomic E-state index is 0.160. The number of hydrogen-bond acceptors (Lipinski definition) is 2. The highest BCUT2D eigenvalue weighted by molar-refractivity contribution is 7.99. The number of nitrogens with one attached hydrogen (secondary N) is 1. The Morgan fingerprint density at radius 2 is 2.21 bits per heavy atom. The second kappa shape index (κ2) is 4.75. The Hall–Kier alpha value is 0.110. The van der Waals surface area contributed by atoms with Crippen molar-refractivity contribution >= 4 is 29.3 Å². The third-order valence-corrected chi connectivity index (χ3v) is 4.74. The molecule has 1 aliphatic heterocycles. The van der Waals surface area contributed by atoms with Gasteiger partial charge in [0, 0.05) is 17.7 Å². The molecule has 1 aliphatic carbocycles. The topological polar surface area (TPSA) is 29.1 Å². The molecule has 1 saturated heterocycles. The van der Waals surface area contributed by atoms with Crippen molar-refractivity contribution < 1.29 is 4.79 Å². The molecular weight excluding hydrogens is 218 g/mol. The van der Waals surface area contributed by atoms with Gasteiger partial charge in [0.2, 0.25) is 5.91 Å². The van der Waals surface area contributed by atoms with E-state index in [1.54, 1.807) is 0 Å². The van der Waals surface area contributed by atoms with Crippen molar-refractivity contribution in [2.75, 3.05) is 11.5 Å². The molecule has 1 amide bonds. The fourth-order valence-corrected chi connectivity index (χ4v) is 3.68. The first-order valence-electron chi connectivity index (χ1n) is 5.29. The van der Waals surface area contributed by atoms with E-state index >= 15 is 0 Å². The third-order valence-electron chi connectivity index (χ3n) is 3.06. The third kappa shape index (κ3) is 2.37. The zero-order valence-corrected chi connectivity index (χ0v) is 9.74. The highest BCUT2D eigenvalue weighted by Gasteiger charge is 2.30. The standard InChI is InChI=1S/C10H16ClNOS/c11-8-2-1-3-9(8)12-10(13)7-4-5-14-6-7/h7-9H,1-6H2,(H,12,13). The largest absolute Gasteiger partial charge is 0.352 e. The monoisotopic (exact) mass is 233 g/mol. The number of hydrogen-bond donors (Lipinski definition) is 1. The van der Waals surface area contributed by atoms with Gasteiger partial charge in [0.25, 0.3) is 0 Å². The SMILES string of the molecule is O=C(NC1CCCC1Cl)C1CCSC1. The summed E-state index contributed by atoms with van der Waals surface area (Å²) in [5, 5.41) is 3.25. The van der Waals surface area contributed by atoms with E-state index in [1.807, 2.05) is 11.8 Å². The van der Waals surface area contributed by atoms with Crippen LogP contribution in [0.15, 0.2) is 0 Å². The van der Waals surface area contributed by atoms with Gasteiger partial charge >= 0.3 is 0 Å². The molecule has 3 atom stereocenters. The second-order valence-electron chi connectivity index (χ2n) is 4.12. The lowest BCUT2D eigenvalue weighted by atomic mass is 10.1. The maximum Gasteiger partial charge on any atom is 0.224 e. The van der Waals surface area contributed by atoms with E-state index in [0.717, 1.165) is 37.2 Å². The van der Waals surface area contributed by atoms with E-state index in [9.17, 15) is 4.79 Å². The molecule has 0 aromatic carbocycles. The maximum absolute atomic E-state index is 11.8. The first kappa shape index (κ1) is 10.6. The number of carbonyl (C=O) groups is 1. The minimum Gasteiger partial charge on any atom is -0.352 e. The van der Waals surface area contributed by atoms with Crippen molar-refractivity contribution in [2.45, 2.75) is 37.1 Å². The molecule has 14 heavy (non-hydrogen) atoms. The van der Waals surface area contributed by atoms with Crippen LogP contribution in [0.25, 0.3) is 0 Å². The van der Waals surface area contributed by atoms with Crippen LogP contribution in [0.5, 0.6) is 0 Å². The number of rotatable bonds is 2. The lowest BCUT2D eigenvalue weighted by Gasteiger charge is -2.18. The van der Waals surface area contributed by atoms with Gasteiger partial charge < -0.3 is 5.32 Å². The summed E-state index contributed by atoms with van der Waals surface area (Å²) in [5.74, 6) is 2.59. The summed E-state index contributed by atoms with van der Waals surface area (Å²) in [6, 6.07) is 0.231. The molecule has 2 fully saturated rings. The van der Waals surface area contributed by atoms with Gasteiger partial charge in [-0.15, -0.1) is 11.6 Å². The summed E-state index contributed by atoms with van der Waals surface area (Å²) in [5.41, 5.74) is 0. The van der Waals surface area contributed by atoms with Crippen LogP contribution in [0.2, 0.25) is 0 Å². The molecule has 0 bridgehead atoms. The second-order valence-corrected chi connectivity index (χ2v) is 5.83. The molecule has 4 heteroatoms. The predicted octanol–water partition coefficient (Wildman–Crippen LogP) is 2.02. The average molecular weight is 234 g/mol. The van der Waals surface area contributed by atoms with E-state index in [0.29, 0.717) is 0 Å². The van der Waals surface area contributed by atoms with E-state index in [-0.39, 0.29) is 23.2 Å². The fraction of sp³-hybridized carbons (Fsp3) is 0.900. The quantitative estimate of drug-likeness (QED) is 0.740. The first-order chi connectivity index (χ1) is 6.77. The number of halogens is 1. The normalized spacial score (nSPS) is 37.4. The van der Waals surface area contributed by atoms with Gasteiger partial charge in [0.05, 0.1) is 5.38 Å². The zero-order valence-electron chi connectivity index (χ0n) is 8.17. The molecule has 1 saturated carbocycles. The van der Waals surface area contributed by atoms with Crippen molar-refractivity contribution in [3.63, 3.8) is 0 Å². The number of alkyl halides is 1. The van der Waals surface area contributed by atoms with E-state index < -0.39 is 0 Å². The molecule has 1 heterocycles. The Morgan fingerprint density at radius 3 is 2.79 bits per heavy atom. The minimum atomic E-state index is 0.160. The Bertz CT molecular complexity index is 218. The molecule has 0 aromatic rings. The molecule has 0 radical (unpaired) electrons. The Morgan fingerprint density at radius 1 is 1.36 bits per heavy atom. The van der Waals surface area contributed by atoms with Gasteiger partial charge in [0.1, 0.15) is 0 Å². The number of thioether (sulfide) groups is 1. The van der Waals surface area contributed by atoms with Crippen LogP contribution in [0, 0.1) is 5.92 Å². The van der Waals surface area contributed by atoms with Gasteiger partial charge in [0.15, 0.2) is 0 Å². The van der Waals surface area contributed by atoms with Crippen molar-refractivity contribution in [1.82, 2.24) is 5.32 Å². The summed E-state index contributed by atoms with van der Waals surface area (Å²) < 4.78 is 0. The predicted molar refractivity (Wildman–Crippen MR) is 60.9 cm³/mol. The van der Waals surface area contributed by atoms with Crippen LogP contribution in [0.3, 0.4) is 0 Å². The summed E-state index contributed by atoms with van der Waals surface area (Å²) in [6.45, 7) is 0. The lowest BCUT2D eigenvalue weighted by molar-refractivity contribution is -0.124. The van der Waals surface area contributed by atoms with Gasteiger partial charge in [-0.05, 0) is 31.4 Å². The summed E-state index contributed by atoms with van der Waals surface area (Å²) in [4.78, 5) is 11.8. The van der Waals surface area contributed by atoms with Crippen LogP contribution >= 0.6 is 23.4 Å². The molecule has 0 aromatic heterocycles. The molecule has 1 N–H and O–H groups in total. The lowest BCUT2D eigenvalue weighted by Crippen LogP contribution is -2.41. The summed E-state index contributed by atoms with van der Waals surface area (Å²) in [7, 11) is 0. The van der Waals surface area contributed by atoms with Crippen molar-refractivity contribution in [3.05, 3.63) is 0 Å². The average Bonchev–Trinajstić information content (AvgIpc) is 2.77. The molecule has 0 spiro atoms. The molecular formula is C10H16ClNOS. The molecule has 2 rings (SSSR count). The highest BCUT2D eigenvalue weighted by atomic mass is 35.5. The molecule has 2 aliphatic rings. The van der Waals surface area contributed by atoms with Gasteiger partial charge in [-0.2, -0.15) is 11.8 Å². The van der Waals surface area contributed by atoms with Crippen molar-refractivity contribution in [1.29, 1.82) is 0 Å². The number of carbonyl (C=O) groups excluding carboxylic acids is 1. The summed E-state index contributed by atoms with van der Waals surface area (Å²) >= 11 is 7.98. The van der Waals surface area contributed by atoms with Crippen LogP contribution < -0.4 is 5.32 Å². The smallest absolute Gasteiger partial charge is 0.224 e. The fourth-order valence-electron chi connectivity index (χ4n) is 2.12. The number of amides is 1. The Kier molecular flexibility index (Phi) is 3.61.